The molecule has 0 unspecified atom stereocenters. The number of halogens is 1. The van der Waals surface area contributed by atoms with Gasteiger partial charge in [0.15, 0.2) is 0 Å². The molecule has 0 saturated carbocycles. The number of aromatic nitrogens is 2. The molecule has 1 aliphatic heterocycles. The summed E-state index contributed by atoms with van der Waals surface area (Å²) in [4.78, 5) is 25.9. The maximum Gasteiger partial charge on any atom is 0.325 e. The van der Waals surface area contributed by atoms with Crippen molar-refractivity contribution in [1.82, 2.24) is 20.0 Å². The van der Waals surface area contributed by atoms with Gasteiger partial charge in [0.05, 0.1) is 22.4 Å². The van der Waals surface area contributed by atoms with E-state index in [0.717, 1.165) is 15.9 Å². The number of rotatable bonds is 4. The van der Waals surface area contributed by atoms with Gasteiger partial charge in [-0.3, -0.25) is 14.8 Å². The summed E-state index contributed by atoms with van der Waals surface area (Å²) in [5, 5.41) is 6.75. The van der Waals surface area contributed by atoms with E-state index in [9.17, 15) is 9.59 Å². The van der Waals surface area contributed by atoms with Crippen LogP contribution in [0.25, 0.3) is 0 Å². The van der Waals surface area contributed by atoms with Gasteiger partial charge in [-0.25, -0.2) is 4.79 Å². The molecule has 1 aliphatic rings. The highest BCUT2D eigenvalue weighted by molar-refractivity contribution is 9.10. The molecule has 1 N–H and O–H groups in total. The molecular formula is C13H19BrN4O2. The van der Waals surface area contributed by atoms with Crippen LogP contribution in [0.15, 0.2) is 4.47 Å². The van der Waals surface area contributed by atoms with Crippen LogP contribution in [0.1, 0.15) is 38.1 Å². The highest BCUT2D eigenvalue weighted by Crippen LogP contribution is 2.32. The van der Waals surface area contributed by atoms with E-state index in [0.29, 0.717) is 19.4 Å². The van der Waals surface area contributed by atoms with Crippen molar-refractivity contribution in [2.75, 3.05) is 0 Å². The minimum atomic E-state index is -0.755. The average molecular weight is 343 g/mol. The molecule has 7 heteroatoms. The summed E-state index contributed by atoms with van der Waals surface area (Å²) in [7, 11) is 1.84. The van der Waals surface area contributed by atoms with E-state index in [4.69, 9.17) is 0 Å². The third-order valence-electron chi connectivity index (χ3n) is 4.14. The third kappa shape index (κ3) is 2.04. The molecule has 2 rings (SSSR count). The molecule has 0 radical (unpaired) electrons. The fraction of sp³-hybridized carbons (Fsp3) is 0.615. The molecule has 1 fully saturated rings. The van der Waals surface area contributed by atoms with Crippen molar-refractivity contribution in [3.63, 3.8) is 0 Å². The number of urea groups is 1. The van der Waals surface area contributed by atoms with Crippen molar-refractivity contribution < 1.29 is 9.59 Å². The lowest BCUT2D eigenvalue weighted by molar-refractivity contribution is -0.127. The predicted molar refractivity (Wildman–Crippen MR) is 78.0 cm³/mol. The zero-order valence-electron chi connectivity index (χ0n) is 12.2. The summed E-state index contributed by atoms with van der Waals surface area (Å²) in [6.07, 6.45) is 1.19. The molecule has 20 heavy (non-hydrogen) atoms. The van der Waals surface area contributed by atoms with Gasteiger partial charge in [-0.05, 0) is 35.7 Å². The minimum absolute atomic E-state index is 0.206. The zero-order chi connectivity index (χ0) is 15.1. The minimum Gasteiger partial charge on any atom is -0.304 e. The molecule has 110 valence electrons. The Morgan fingerprint density at radius 1 is 1.30 bits per heavy atom. The number of hydrogen-bond acceptors (Lipinski definition) is 3. The summed E-state index contributed by atoms with van der Waals surface area (Å²) in [5.41, 5.74) is 1.000. The van der Waals surface area contributed by atoms with Crippen LogP contribution in [0.4, 0.5) is 4.79 Å². The normalized spacial score (nSPS) is 17.8. The number of carbonyl (C=O) groups is 2. The second kappa shape index (κ2) is 5.20. The number of nitrogens with zero attached hydrogens (tertiary/aromatic N) is 3. The summed E-state index contributed by atoms with van der Waals surface area (Å²) >= 11 is 3.50. The van der Waals surface area contributed by atoms with Gasteiger partial charge in [-0.1, -0.05) is 13.8 Å². The molecule has 2 heterocycles. The van der Waals surface area contributed by atoms with E-state index >= 15 is 0 Å². The Labute approximate surface area is 126 Å². The van der Waals surface area contributed by atoms with Gasteiger partial charge >= 0.3 is 6.03 Å². The Morgan fingerprint density at radius 2 is 1.90 bits per heavy atom. The van der Waals surface area contributed by atoms with E-state index in [-0.39, 0.29) is 11.9 Å². The van der Waals surface area contributed by atoms with E-state index in [1.165, 1.54) is 0 Å². The molecule has 0 aromatic carbocycles. The fourth-order valence-corrected chi connectivity index (χ4v) is 3.24. The van der Waals surface area contributed by atoms with Crippen LogP contribution >= 0.6 is 15.9 Å². The van der Waals surface area contributed by atoms with Crippen molar-refractivity contribution in [2.24, 2.45) is 7.05 Å². The second-order valence-electron chi connectivity index (χ2n) is 5.05. The summed E-state index contributed by atoms with van der Waals surface area (Å²) in [6.45, 7) is 6.11. The highest BCUT2D eigenvalue weighted by atomic mass is 79.9. The first-order chi connectivity index (χ1) is 9.37. The van der Waals surface area contributed by atoms with Crippen LogP contribution in [0, 0.1) is 6.92 Å². The van der Waals surface area contributed by atoms with Gasteiger partial charge < -0.3 is 4.90 Å². The maximum atomic E-state index is 12.1. The van der Waals surface area contributed by atoms with Crippen LogP contribution < -0.4 is 5.32 Å². The number of aryl methyl sites for hydroxylation is 2. The maximum absolute atomic E-state index is 12.1. The van der Waals surface area contributed by atoms with Crippen LogP contribution in [0.3, 0.4) is 0 Å². The Hall–Kier alpha value is -1.37. The highest BCUT2D eigenvalue weighted by Gasteiger charge is 2.50. The molecule has 1 aromatic rings. The average Bonchev–Trinajstić information content (AvgIpc) is 2.78. The molecule has 0 atom stereocenters. The van der Waals surface area contributed by atoms with Crippen molar-refractivity contribution >= 4 is 27.9 Å². The lowest BCUT2D eigenvalue weighted by Crippen LogP contribution is -2.48. The SMILES string of the molecule is CCC1(CC)C(=O)NC(=O)N1Cc1c(Br)c(C)nn1C. The largest absolute Gasteiger partial charge is 0.325 e. The van der Waals surface area contributed by atoms with E-state index in [1.807, 2.05) is 27.8 Å². The lowest BCUT2D eigenvalue weighted by Gasteiger charge is -2.33. The molecule has 1 saturated heterocycles. The summed E-state index contributed by atoms with van der Waals surface area (Å²) < 4.78 is 2.62. The molecule has 0 spiro atoms. The summed E-state index contributed by atoms with van der Waals surface area (Å²) in [5.74, 6) is -0.206. The van der Waals surface area contributed by atoms with Gasteiger partial charge in [0, 0.05) is 7.05 Å². The Balaban J connectivity index is 2.40. The smallest absolute Gasteiger partial charge is 0.304 e. The van der Waals surface area contributed by atoms with Crippen LogP contribution in [-0.4, -0.2) is 32.2 Å². The number of carbonyl (C=O) groups excluding carboxylic acids is 2. The van der Waals surface area contributed by atoms with Crippen LogP contribution in [0.2, 0.25) is 0 Å². The third-order valence-corrected chi connectivity index (χ3v) is 5.18. The van der Waals surface area contributed by atoms with Crippen molar-refractivity contribution in [3.8, 4) is 0 Å². The number of amides is 3. The first-order valence-electron chi connectivity index (χ1n) is 6.68. The van der Waals surface area contributed by atoms with Gasteiger partial charge in [-0.2, -0.15) is 5.10 Å². The molecule has 3 amide bonds. The molecular weight excluding hydrogens is 324 g/mol. The molecule has 6 nitrogen and oxygen atoms in total. The number of nitrogens with one attached hydrogen (secondary N) is 1. The topological polar surface area (TPSA) is 67.2 Å². The molecule has 0 bridgehead atoms. The molecule has 1 aromatic heterocycles. The van der Waals surface area contributed by atoms with Gasteiger partial charge in [0.1, 0.15) is 5.54 Å². The quantitative estimate of drug-likeness (QED) is 0.852. The first kappa shape index (κ1) is 15.0. The predicted octanol–water partition coefficient (Wildman–Crippen LogP) is 2.10. The summed E-state index contributed by atoms with van der Waals surface area (Å²) in [6, 6.07) is -0.329. The van der Waals surface area contributed by atoms with E-state index in [2.05, 4.69) is 26.3 Å². The Bertz CT molecular complexity index is 563. The number of imide groups is 1. The van der Waals surface area contributed by atoms with Gasteiger partial charge in [0.2, 0.25) is 0 Å². The zero-order valence-corrected chi connectivity index (χ0v) is 13.7. The van der Waals surface area contributed by atoms with E-state index in [1.54, 1.807) is 9.58 Å². The first-order valence-corrected chi connectivity index (χ1v) is 7.47. The van der Waals surface area contributed by atoms with Crippen LogP contribution in [0.5, 0.6) is 0 Å². The van der Waals surface area contributed by atoms with Crippen molar-refractivity contribution in [3.05, 3.63) is 15.9 Å². The van der Waals surface area contributed by atoms with E-state index < -0.39 is 5.54 Å². The van der Waals surface area contributed by atoms with Crippen molar-refractivity contribution in [2.45, 2.75) is 45.7 Å². The fourth-order valence-electron chi connectivity index (χ4n) is 2.78. The van der Waals surface area contributed by atoms with Gasteiger partial charge in [0.25, 0.3) is 5.91 Å². The van der Waals surface area contributed by atoms with Gasteiger partial charge in [-0.15, -0.1) is 0 Å². The standard InChI is InChI=1S/C13H19BrN4O2/c1-5-13(6-2)11(19)15-12(20)18(13)7-9-10(14)8(3)16-17(9)4/h5-7H2,1-4H3,(H,15,19,20). The lowest BCUT2D eigenvalue weighted by atomic mass is 9.91. The second-order valence-corrected chi connectivity index (χ2v) is 5.85. The molecule has 0 aliphatic carbocycles. The van der Waals surface area contributed by atoms with Crippen molar-refractivity contribution in [1.29, 1.82) is 0 Å². The van der Waals surface area contributed by atoms with Crippen LogP contribution in [-0.2, 0) is 18.4 Å². The Kier molecular flexibility index (Phi) is 3.90. The monoisotopic (exact) mass is 342 g/mol. The Morgan fingerprint density at radius 3 is 2.35 bits per heavy atom. The number of hydrogen-bond donors (Lipinski definition) is 1.